The molecule has 4 aliphatic carbocycles. The van der Waals surface area contributed by atoms with Crippen LogP contribution in [0.4, 0.5) is 42.9 Å². The molecule has 14 aromatic carbocycles. The summed E-state index contributed by atoms with van der Waals surface area (Å²) in [7, 11) is 0. The van der Waals surface area contributed by atoms with Gasteiger partial charge in [0.15, 0.2) is 0 Å². The van der Waals surface area contributed by atoms with Crippen molar-refractivity contribution in [1.29, 1.82) is 0 Å². The first-order chi connectivity index (χ1) is 50.6. The van der Waals surface area contributed by atoms with E-state index < -0.39 is 10.8 Å². The predicted molar refractivity (Wildman–Crippen MR) is 421 cm³/mol. The van der Waals surface area contributed by atoms with Crippen molar-refractivity contribution in [1.82, 2.24) is 0 Å². The quantitative estimate of drug-likeness (QED) is 0.102. The highest BCUT2D eigenvalue weighted by Crippen LogP contribution is 2.60. The van der Waals surface area contributed by atoms with Crippen LogP contribution in [-0.2, 0) is 47.3 Å². The van der Waals surface area contributed by atoms with Crippen molar-refractivity contribution in [2.24, 2.45) is 0 Å². The van der Waals surface area contributed by atoms with Crippen molar-refractivity contribution in [2.45, 2.75) is 88.9 Å². The minimum Gasteiger partial charge on any atom is -0.457 e. The highest BCUT2D eigenvalue weighted by atomic mass is 19.1. The molecule has 0 radical (unpaired) electrons. The Morgan fingerprint density at radius 3 is 0.942 bits per heavy atom. The topological polar surface area (TPSA) is 24.9 Å². The number of hydrogen-bond donors (Lipinski definition) is 0. The van der Waals surface area contributed by atoms with Crippen molar-refractivity contribution >= 4 is 34.1 Å². The molecule has 4 aliphatic rings. The molecule has 0 aromatic heterocycles. The number of aryl methyl sites for hydroxylation is 4. The maximum Gasteiger partial charge on any atom is 0.147 e. The lowest BCUT2D eigenvalue weighted by molar-refractivity contribution is 0.480. The molecule has 0 saturated heterocycles. The summed E-state index contributed by atoms with van der Waals surface area (Å²) in [5, 5.41) is 0. The average molecular weight is 1350 g/mol. The second-order valence-corrected chi connectivity index (χ2v) is 30.5. The van der Waals surface area contributed by atoms with Crippen molar-refractivity contribution in [3.05, 3.63) is 405 Å². The normalized spacial score (nSPS) is 15.8. The lowest BCUT2D eigenvalue weighted by Crippen LogP contribution is -2.29. The Balaban J connectivity index is 0.717. The Labute approximate surface area is 608 Å². The third-order valence-electron chi connectivity index (χ3n) is 22.4. The van der Waals surface area contributed by atoms with Crippen LogP contribution in [0, 0.1) is 11.6 Å². The summed E-state index contributed by atoms with van der Waals surface area (Å²) in [6, 6.07) is 110. The number of fused-ring (bicyclic) bond motifs is 8. The van der Waals surface area contributed by atoms with Crippen LogP contribution in [-0.4, -0.2) is 0 Å². The van der Waals surface area contributed by atoms with Crippen LogP contribution in [0.25, 0.3) is 33.4 Å². The van der Waals surface area contributed by atoms with Crippen molar-refractivity contribution < 1.29 is 18.3 Å². The third-order valence-corrected chi connectivity index (χ3v) is 22.4. The Morgan fingerprint density at radius 1 is 0.279 bits per heavy atom. The molecule has 0 spiro atoms. The van der Waals surface area contributed by atoms with Crippen LogP contribution in [0.15, 0.2) is 315 Å². The molecule has 104 heavy (non-hydrogen) atoms. The maximum absolute atomic E-state index is 16.9. The van der Waals surface area contributed by atoms with E-state index in [4.69, 9.17) is 9.47 Å². The molecule has 506 valence electrons. The van der Waals surface area contributed by atoms with Crippen LogP contribution < -0.4 is 19.3 Å². The van der Waals surface area contributed by atoms with Gasteiger partial charge in [-0.05, 0) is 269 Å². The fraction of sp³-hybridized carbons (Fsp3) is 0.143. The Bertz CT molecular complexity index is 5300. The zero-order chi connectivity index (χ0) is 70.6. The van der Waals surface area contributed by atoms with Crippen molar-refractivity contribution in [3.8, 4) is 56.4 Å². The van der Waals surface area contributed by atoms with Gasteiger partial charge in [-0.1, -0.05) is 236 Å². The molecule has 0 heterocycles. The van der Waals surface area contributed by atoms with E-state index in [0.29, 0.717) is 11.4 Å². The molecule has 0 fully saturated rings. The highest BCUT2D eigenvalue weighted by molar-refractivity contribution is 5.92. The monoisotopic (exact) mass is 1350 g/mol. The molecule has 0 saturated carbocycles. The van der Waals surface area contributed by atoms with E-state index in [9.17, 15) is 0 Å². The Morgan fingerprint density at radius 2 is 0.596 bits per heavy atom. The highest BCUT2D eigenvalue weighted by Gasteiger charge is 2.49. The maximum atomic E-state index is 16.9. The molecule has 0 aliphatic heterocycles. The molecule has 2 atom stereocenters. The summed E-state index contributed by atoms with van der Waals surface area (Å²) >= 11 is 0. The number of benzene rings is 14. The van der Waals surface area contributed by atoms with Gasteiger partial charge in [0.1, 0.15) is 34.6 Å². The SMILES string of the molecule is CC(C)(C)c1ccc(C2(c3ccc(Oc4ccc5c(c4)CC5)cc3)c3ccccc3-c3ccc(N(c4ccc(-c5ccc(N(c6ccc7c(c6)C(c6ccc(Oc8ccc9c(c8)CC9)cc6)(c6ccc(C(C)(C)C)cc6)c6ccccc6-7)c6ccccc6F)cc5)cc4)c4ccccc4F)cc32)cc1. The first-order valence-electron chi connectivity index (χ1n) is 36.4. The first kappa shape index (κ1) is 64.3. The first-order valence-corrected chi connectivity index (χ1v) is 36.4. The van der Waals surface area contributed by atoms with Gasteiger partial charge in [0.05, 0.1) is 22.2 Å². The Hall–Kier alpha value is -11.9. The minimum absolute atomic E-state index is 0.0603. The van der Waals surface area contributed by atoms with Gasteiger partial charge < -0.3 is 19.3 Å². The van der Waals surface area contributed by atoms with Gasteiger partial charge in [-0.15, -0.1) is 0 Å². The summed E-state index contributed by atoms with van der Waals surface area (Å²) in [5.74, 6) is 2.53. The van der Waals surface area contributed by atoms with Gasteiger partial charge in [-0.25, -0.2) is 8.78 Å². The fourth-order valence-electron chi connectivity index (χ4n) is 16.8. The van der Waals surface area contributed by atoms with Crippen LogP contribution in [0.1, 0.15) is 119 Å². The van der Waals surface area contributed by atoms with E-state index in [1.807, 2.05) is 34.1 Å². The van der Waals surface area contributed by atoms with E-state index in [-0.39, 0.29) is 22.5 Å². The average Bonchev–Trinajstić information content (AvgIpc) is 1.54. The number of hydrogen-bond acceptors (Lipinski definition) is 4. The van der Waals surface area contributed by atoms with Crippen LogP contribution >= 0.6 is 0 Å². The molecular weight excluding hydrogens is 1280 g/mol. The number of halogens is 2. The molecule has 4 nitrogen and oxygen atoms in total. The zero-order valence-electron chi connectivity index (χ0n) is 59.3. The van der Waals surface area contributed by atoms with Gasteiger partial charge in [0.25, 0.3) is 0 Å². The second-order valence-electron chi connectivity index (χ2n) is 30.5. The largest absolute Gasteiger partial charge is 0.457 e. The summed E-state index contributed by atoms with van der Waals surface area (Å²) < 4.78 is 46.8. The van der Waals surface area contributed by atoms with E-state index in [2.05, 4.69) is 308 Å². The predicted octanol–water partition coefficient (Wildman–Crippen LogP) is 25.7. The molecule has 0 bridgehead atoms. The lowest BCUT2D eigenvalue weighted by atomic mass is 9.67. The van der Waals surface area contributed by atoms with Crippen molar-refractivity contribution in [3.63, 3.8) is 0 Å². The summed E-state index contributed by atoms with van der Waals surface area (Å²) in [5.41, 5.74) is 25.8. The van der Waals surface area contributed by atoms with Crippen molar-refractivity contribution in [2.75, 3.05) is 9.80 Å². The van der Waals surface area contributed by atoms with Gasteiger partial charge in [0.2, 0.25) is 0 Å². The van der Waals surface area contributed by atoms with Gasteiger partial charge >= 0.3 is 0 Å². The van der Waals surface area contributed by atoms with Crippen LogP contribution in [0.2, 0.25) is 0 Å². The summed E-state index contributed by atoms with van der Waals surface area (Å²) in [4.78, 5) is 4.08. The molecule has 2 unspecified atom stereocenters. The lowest BCUT2D eigenvalue weighted by Gasteiger charge is -2.35. The van der Waals surface area contributed by atoms with E-state index in [1.54, 1.807) is 12.1 Å². The number of rotatable bonds is 15. The van der Waals surface area contributed by atoms with E-state index in [1.165, 1.54) is 56.6 Å². The van der Waals surface area contributed by atoms with Crippen LogP contribution in [0.3, 0.4) is 0 Å². The smallest absolute Gasteiger partial charge is 0.147 e. The fourth-order valence-corrected chi connectivity index (χ4v) is 16.8. The zero-order valence-corrected chi connectivity index (χ0v) is 59.3. The van der Waals surface area contributed by atoms with Gasteiger partial charge in [0, 0.05) is 22.7 Å². The molecular formula is C98H78F2N2O2. The van der Waals surface area contributed by atoms with Crippen LogP contribution in [0.5, 0.6) is 23.0 Å². The second kappa shape index (κ2) is 25.0. The number of ether oxygens (including phenoxy) is 2. The molecule has 18 rings (SSSR count). The molecule has 14 aromatic rings. The molecule has 0 N–H and O–H groups in total. The third kappa shape index (κ3) is 10.7. The minimum atomic E-state index is -0.770. The Kier molecular flexibility index (Phi) is 15.4. The number of para-hydroxylation sites is 2. The van der Waals surface area contributed by atoms with E-state index >= 15 is 8.78 Å². The van der Waals surface area contributed by atoms with Gasteiger partial charge in [-0.2, -0.15) is 0 Å². The standard InChI is InChI=1S/C98H78F2N2O2/c1-95(2,3)69-33-37-71(38-34-69)97(73-41-53-79(54-42-73)103-81-51-31-65-23-25-67(65)59-81)87-17-9-7-15-83(87)85-57-49-77(61-89(85)97)101(93-21-13-11-19-91(93)99)75-45-27-63(28-46-75)64-29-47-76(48-30-64)102(94-22-14-12-20-92(94)100)78-50-58-86-84-16-8-10-18-88(84)98(90(86)62-78,72-39-35-70(36-40-72)96(4,5)6)74-43-55-80(56-44-74)104-82-52-32-66-24-26-68(66)60-82/h7-22,27-62H,23-26H2,1-6H3. The summed E-state index contributed by atoms with van der Waals surface area (Å²) in [6.45, 7) is 13.5. The molecule has 6 heteroatoms. The number of anilines is 6. The van der Waals surface area contributed by atoms with E-state index in [0.717, 1.165) is 138 Å². The van der Waals surface area contributed by atoms with Gasteiger partial charge in [-0.3, -0.25) is 0 Å². The number of nitrogens with zero attached hydrogens (tertiary/aromatic N) is 2. The summed E-state index contributed by atoms with van der Waals surface area (Å²) in [6.07, 6.45) is 4.39. The molecule has 0 amide bonds.